The van der Waals surface area contributed by atoms with Gasteiger partial charge >= 0.3 is 0 Å². The number of hydrogen-bond donors (Lipinski definition) is 1. The molecule has 0 fully saturated rings. The third kappa shape index (κ3) is 4.17. The summed E-state index contributed by atoms with van der Waals surface area (Å²) in [4.78, 5) is 17.0. The number of aromatic nitrogens is 2. The minimum Gasteiger partial charge on any atom is -0.350 e. The molecule has 0 radical (unpaired) electrons. The van der Waals surface area contributed by atoms with Crippen molar-refractivity contribution in [2.75, 3.05) is 6.54 Å². The normalized spacial score (nSPS) is 10.6. The number of benzene rings is 2. The molecule has 0 aliphatic carbocycles. The monoisotopic (exact) mass is 380 g/mol. The van der Waals surface area contributed by atoms with Crippen molar-refractivity contribution >= 4 is 16.8 Å². The number of fused-ring (bicyclic) bond motifs is 1. The Hall–Kier alpha value is -3.91. The summed E-state index contributed by atoms with van der Waals surface area (Å²) in [6.07, 6.45) is 4.26. The van der Waals surface area contributed by atoms with Crippen LogP contribution in [0.3, 0.4) is 0 Å². The summed E-state index contributed by atoms with van der Waals surface area (Å²) in [5.74, 6) is -0.105. The van der Waals surface area contributed by atoms with Gasteiger partial charge in [0.1, 0.15) is 5.69 Å². The van der Waals surface area contributed by atoms with E-state index in [9.17, 15) is 4.79 Å². The highest BCUT2D eigenvalue weighted by molar-refractivity contribution is 5.98. The number of nitrogens with zero attached hydrogens (tertiary/aromatic N) is 3. The van der Waals surface area contributed by atoms with Gasteiger partial charge in [-0.2, -0.15) is 5.26 Å². The number of hydrogen-bond acceptors (Lipinski definition) is 3. The minimum absolute atomic E-state index is 0.105. The molecule has 0 spiro atoms. The van der Waals surface area contributed by atoms with Crippen molar-refractivity contribution in [3.05, 3.63) is 102 Å². The lowest BCUT2D eigenvalue weighted by Gasteiger charge is -2.12. The molecule has 0 saturated heterocycles. The molecule has 2 aromatic carbocycles. The van der Waals surface area contributed by atoms with Crippen molar-refractivity contribution < 1.29 is 4.79 Å². The average Bonchev–Trinajstić information content (AvgIpc) is 3.13. The number of rotatable bonds is 6. The zero-order valence-electron chi connectivity index (χ0n) is 15.9. The summed E-state index contributed by atoms with van der Waals surface area (Å²) in [5, 5.41) is 13.2. The molecule has 4 aromatic rings. The number of carbonyl (C=O) groups excluding carboxylic acids is 1. The molecular weight excluding hydrogens is 360 g/mol. The van der Waals surface area contributed by atoms with E-state index in [1.165, 1.54) is 0 Å². The number of carbonyl (C=O) groups is 1. The van der Waals surface area contributed by atoms with Crippen LogP contribution in [-0.2, 0) is 13.0 Å². The molecule has 5 nitrogen and oxygen atoms in total. The third-order valence-corrected chi connectivity index (χ3v) is 4.89. The molecule has 0 unspecified atom stereocenters. The maximum Gasteiger partial charge on any atom is 0.267 e. The Labute approximate surface area is 169 Å². The van der Waals surface area contributed by atoms with Crippen LogP contribution >= 0.6 is 0 Å². The Morgan fingerprint density at radius 1 is 1.00 bits per heavy atom. The van der Waals surface area contributed by atoms with Crippen LogP contribution in [0.15, 0.2) is 79.1 Å². The van der Waals surface area contributed by atoms with Gasteiger partial charge in [-0.15, -0.1) is 0 Å². The Balaban J connectivity index is 1.59. The van der Waals surface area contributed by atoms with Gasteiger partial charge in [0.25, 0.3) is 5.91 Å². The van der Waals surface area contributed by atoms with Gasteiger partial charge in [-0.25, -0.2) is 0 Å². The molecule has 5 heteroatoms. The Morgan fingerprint density at radius 3 is 2.66 bits per heavy atom. The second kappa shape index (κ2) is 8.41. The first-order chi connectivity index (χ1) is 14.2. The molecule has 29 heavy (non-hydrogen) atoms. The largest absolute Gasteiger partial charge is 0.350 e. The zero-order chi connectivity index (χ0) is 20.1. The van der Waals surface area contributed by atoms with Crippen LogP contribution in [0.25, 0.3) is 10.9 Å². The predicted octanol–water partition coefficient (Wildman–Crippen LogP) is 3.93. The maximum absolute atomic E-state index is 12.9. The molecular formula is C24H20N4O. The molecule has 1 amide bonds. The van der Waals surface area contributed by atoms with Crippen molar-refractivity contribution in [2.24, 2.45) is 0 Å². The van der Waals surface area contributed by atoms with Crippen molar-refractivity contribution in [3.8, 4) is 6.07 Å². The van der Waals surface area contributed by atoms with Crippen LogP contribution in [0.1, 0.15) is 27.2 Å². The van der Waals surface area contributed by atoms with Gasteiger partial charge < -0.3 is 9.88 Å². The Kier molecular flexibility index (Phi) is 5.35. The number of amides is 1. The van der Waals surface area contributed by atoms with E-state index in [-0.39, 0.29) is 5.91 Å². The van der Waals surface area contributed by atoms with E-state index in [1.807, 2.05) is 65.2 Å². The highest BCUT2D eigenvalue weighted by atomic mass is 16.1. The molecule has 142 valence electrons. The number of para-hydroxylation sites is 1. The van der Waals surface area contributed by atoms with E-state index in [4.69, 9.17) is 5.26 Å². The van der Waals surface area contributed by atoms with Gasteiger partial charge in [-0.05, 0) is 53.9 Å². The summed E-state index contributed by atoms with van der Waals surface area (Å²) in [7, 11) is 0. The molecule has 2 heterocycles. The summed E-state index contributed by atoms with van der Waals surface area (Å²) < 4.78 is 2.01. The van der Waals surface area contributed by atoms with E-state index in [0.29, 0.717) is 24.3 Å². The van der Waals surface area contributed by atoms with Crippen molar-refractivity contribution in [1.82, 2.24) is 14.9 Å². The summed E-state index contributed by atoms with van der Waals surface area (Å²) in [6.45, 7) is 1.07. The summed E-state index contributed by atoms with van der Waals surface area (Å²) in [5.41, 5.74) is 4.34. The molecule has 0 aliphatic rings. The van der Waals surface area contributed by atoms with Gasteiger partial charge in [0.15, 0.2) is 0 Å². The average molecular weight is 380 g/mol. The number of nitriles is 1. The van der Waals surface area contributed by atoms with Crippen molar-refractivity contribution in [2.45, 2.75) is 13.0 Å². The first-order valence-electron chi connectivity index (χ1n) is 9.49. The lowest BCUT2D eigenvalue weighted by Crippen LogP contribution is -2.28. The molecule has 1 N–H and O–H groups in total. The standard InChI is InChI=1S/C24H20N4O/c25-16-19-4-3-5-20(14-19)17-28-22-7-2-1-6-21(22)15-23(28)24(29)27-13-10-18-8-11-26-12-9-18/h1-9,11-12,14-15H,10,13,17H2,(H,27,29). The summed E-state index contributed by atoms with van der Waals surface area (Å²) >= 11 is 0. The first kappa shape index (κ1) is 18.5. The van der Waals surface area contributed by atoms with Crippen LogP contribution in [0, 0.1) is 11.3 Å². The van der Waals surface area contributed by atoms with Gasteiger partial charge in [0.2, 0.25) is 0 Å². The first-order valence-corrected chi connectivity index (χ1v) is 9.49. The Bertz CT molecular complexity index is 1190. The smallest absolute Gasteiger partial charge is 0.267 e. The van der Waals surface area contributed by atoms with Crippen LogP contribution in [-0.4, -0.2) is 22.0 Å². The fraction of sp³-hybridized carbons (Fsp3) is 0.125. The molecule has 2 aromatic heterocycles. The molecule has 0 saturated carbocycles. The molecule has 4 rings (SSSR count). The van der Waals surface area contributed by atoms with Gasteiger partial charge in [0.05, 0.1) is 11.6 Å². The van der Waals surface area contributed by atoms with Gasteiger partial charge in [-0.3, -0.25) is 9.78 Å². The highest BCUT2D eigenvalue weighted by Crippen LogP contribution is 2.22. The summed E-state index contributed by atoms with van der Waals surface area (Å²) in [6, 6.07) is 23.4. The highest BCUT2D eigenvalue weighted by Gasteiger charge is 2.15. The lowest BCUT2D eigenvalue weighted by atomic mass is 10.1. The predicted molar refractivity (Wildman–Crippen MR) is 112 cm³/mol. The van der Waals surface area contributed by atoms with Crippen LogP contribution < -0.4 is 5.32 Å². The quantitative estimate of drug-likeness (QED) is 0.551. The topological polar surface area (TPSA) is 70.7 Å². The van der Waals surface area contributed by atoms with E-state index in [2.05, 4.69) is 16.4 Å². The van der Waals surface area contributed by atoms with Gasteiger partial charge in [0, 0.05) is 36.4 Å². The minimum atomic E-state index is -0.105. The van der Waals surface area contributed by atoms with Crippen molar-refractivity contribution in [1.29, 1.82) is 5.26 Å². The second-order valence-corrected chi connectivity index (χ2v) is 6.85. The van der Waals surface area contributed by atoms with E-state index in [1.54, 1.807) is 18.5 Å². The fourth-order valence-corrected chi connectivity index (χ4v) is 3.45. The van der Waals surface area contributed by atoms with Crippen LogP contribution in [0.4, 0.5) is 0 Å². The van der Waals surface area contributed by atoms with E-state index < -0.39 is 0 Å². The fourth-order valence-electron chi connectivity index (χ4n) is 3.45. The van der Waals surface area contributed by atoms with E-state index in [0.717, 1.165) is 28.5 Å². The zero-order valence-corrected chi connectivity index (χ0v) is 15.9. The third-order valence-electron chi connectivity index (χ3n) is 4.89. The molecule has 0 aliphatic heterocycles. The van der Waals surface area contributed by atoms with Crippen molar-refractivity contribution in [3.63, 3.8) is 0 Å². The molecule has 0 atom stereocenters. The maximum atomic E-state index is 12.9. The van der Waals surface area contributed by atoms with Crippen LogP contribution in [0.2, 0.25) is 0 Å². The van der Waals surface area contributed by atoms with E-state index >= 15 is 0 Å². The Morgan fingerprint density at radius 2 is 1.83 bits per heavy atom. The lowest BCUT2D eigenvalue weighted by molar-refractivity contribution is 0.0946. The van der Waals surface area contributed by atoms with Crippen LogP contribution in [0.5, 0.6) is 0 Å². The number of pyridine rings is 1. The second-order valence-electron chi connectivity index (χ2n) is 6.85. The SMILES string of the molecule is N#Cc1cccc(Cn2c(C(=O)NCCc3ccncc3)cc3ccccc32)c1. The molecule has 0 bridgehead atoms. The van der Waals surface area contributed by atoms with Gasteiger partial charge in [-0.1, -0.05) is 30.3 Å². The number of nitrogens with one attached hydrogen (secondary N) is 1.